The molecule has 0 radical (unpaired) electrons. The lowest BCUT2D eigenvalue weighted by atomic mass is 10.1. The van der Waals surface area contributed by atoms with Crippen LogP contribution in [0.5, 0.6) is 5.75 Å². The lowest BCUT2D eigenvalue weighted by Crippen LogP contribution is -2.17. The van der Waals surface area contributed by atoms with Gasteiger partial charge in [0.05, 0.1) is 6.33 Å². The zero-order valence-electron chi connectivity index (χ0n) is 15.0. The van der Waals surface area contributed by atoms with Crippen molar-refractivity contribution in [2.75, 3.05) is 6.54 Å². The van der Waals surface area contributed by atoms with Gasteiger partial charge in [0, 0.05) is 35.5 Å². The van der Waals surface area contributed by atoms with Crippen molar-refractivity contribution in [3.63, 3.8) is 0 Å². The number of aryl methyl sites for hydroxylation is 2. The van der Waals surface area contributed by atoms with Crippen molar-refractivity contribution in [2.24, 2.45) is 0 Å². The van der Waals surface area contributed by atoms with E-state index in [0.717, 1.165) is 41.8 Å². The largest absolute Gasteiger partial charge is 0.489 e. The second kappa shape index (κ2) is 9.55. The van der Waals surface area contributed by atoms with Crippen molar-refractivity contribution >= 4 is 15.9 Å². The van der Waals surface area contributed by atoms with Gasteiger partial charge in [-0.25, -0.2) is 4.98 Å². The maximum absolute atomic E-state index is 6.10. The van der Waals surface area contributed by atoms with Crippen LogP contribution in [0.2, 0.25) is 0 Å². The smallest absolute Gasteiger partial charge is 0.124 e. The molecule has 1 N–H and O–H groups in total. The Balaban J connectivity index is 1.53. The standard InChI is InChI=1S/C21H24BrN3O/c1-17-5-2-3-6-18(17)15-26-21-8-7-20(22)13-19(21)14-23-9-4-11-25-12-10-24-16-25/h2-3,5-8,10,12-13,16,23H,4,9,11,14-15H2,1H3. The van der Waals surface area contributed by atoms with Crippen molar-refractivity contribution in [3.8, 4) is 5.75 Å². The van der Waals surface area contributed by atoms with Crippen LogP contribution < -0.4 is 10.1 Å². The topological polar surface area (TPSA) is 39.1 Å². The average molecular weight is 414 g/mol. The molecule has 4 nitrogen and oxygen atoms in total. The highest BCUT2D eigenvalue weighted by Crippen LogP contribution is 2.24. The third kappa shape index (κ3) is 5.44. The molecule has 1 heterocycles. The Kier molecular flexibility index (Phi) is 6.86. The molecule has 0 bridgehead atoms. The quantitative estimate of drug-likeness (QED) is 0.516. The Morgan fingerprint density at radius 2 is 2.04 bits per heavy atom. The van der Waals surface area contributed by atoms with Crippen molar-refractivity contribution in [1.29, 1.82) is 0 Å². The summed E-state index contributed by atoms with van der Waals surface area (Å²) < 4.78 is 9.26. The number of imidazole rings is 1. The van der Waals surface area contributed by atoms with E-state index in [0.29, 0.717) is 6.61 Å². The van der Waals surface area contributed by atoms with Crippen LogP contribution in [-0.4, -0.2) is 16.1 Å². The Labute approximate surface area is 163 Å². The SMILES string of the molecule is Cc1ccccc1COc1ccc(Br)cc1CNCCCn1ccnc1. The molecule has 0 aliphatic rings. The lowest BCUT2D eigenvalue weighted by Gasteiger charge is -2.14. The van der Waals surface area contributed by atoms with E-state index in [2.05, 4.69) is 68.1 Å². The maximum Gasteiger partial charge on any atom is 0.124 e. The minimum Gasteiger partial charge on any atom is -0.489 e. The summed E-state index contributed by atoms with van der Waals surface area (Å²) in [5.74, 6) is 0.929. The van der Waals surface area contributed by atoms with Crippen LogP contribution in [-0.2, 0) is 19.7 Å². The summed E-state index contributed by atoms with van der Waals surface area (Å²) in [5.41, 5.74) is 3.63. The van der Waals surface area contributed by atoms with Crippen LogP contribution in [0.3, 0.4) is 0 Å². The van der Waals surface area contributed by atoms with Crippen LogP contribution in [0.25, 0.3) is 0 Å². The monoisotopic (exact) mass is 413 g/mol. The van der Waals surface area contributed by atoms with E-state index in [1.54, 1.807) is 0 Å². The van der Waals surface area contributed by atoms with Crippen LogP contribution in [0, 0.1) is 6.92 Å². The minimum atomic E-state index is 0.585. The van der Waals surface area contributed by atoms with Gasteiger partial charge in [0.25, 0.3) is 0 Å². The van der Waals surface area contributed by atoms with Gasteiger partial charge in [-0.2, -0.15) is 0 Å². The number of ether oxygens (including phenoxy) is 1. The van der Waals surface area contributed by atoms with Gasteiger partial charge in [-0.3, -0.25) is 0 Å². The first-order chi connectivity index (χ1) is 12.7. The van der Waals surface area contributed by atoms with Crippen molar-refractivity contribution in [1.82, 2.24) is 14.9 Å². The molecule has 0 aliphatic heterocycles. The molecule has 2 aromatic carbocycles. The first kappa shape index (κ1) is 18.7. The second-order valence-electron chi connectivity index (χ2n) is 6.30. The van der Waals surface area contributed by atoms with Crippen LogP contribution >= 0.6 is 15.9 Å². The molecule has 0 aliphatic carbocycles. The van der Waals surface area contributed by atoms with Crippen molar-refractivity contribution < 1.29 is 4.74 Å². The molecule has 3 rings (SSSR count). The summed E-state index contributed by atoms with van der Waals surface area (Å²) in [6.45, 7) is 5.40. The third-order valence-electron chi connectivity index (χ3n) is 4.31. The molecule has 3 aromatic rings. The normalized spacial score (nSPS) is 10.8. The number of hydrogen-bond donors (Lipinski definition) is 1. The molecule has 1 aromatic heterocycles. The molecular weight excluding hydrogens is 390 g/mol. The van der Waals surface area contributed by atoms with Gasteiger partial charge in [0.2, 0.25) is 0 Å². The molecule has 0 saturated heterocycles. The Morgan fingerprint density at radius 3 is 2.85 bits per heavy atom. The molecule has 0 atom stereocenters. The summed E-state index contributed by atoms with van der Waals surface area (Å²) in [6, 6.07) is 14.5. The van der Waals surface area contributed by atoms with E-state index in [9.17, 15) is 0 Å². The third-order valence-corrected chi connectivity index (χ3v) is 4.80. The maximum atomic E-state index is 6.10. The van der Waals surface area contributed by atoms with Gasteiger partial charge >= 0.3 is 0 Å². The van der Waals surface area contributed by atoms with Gasteiger partial charge in [-0.1, -0.05) is 40.2 Å². The second-order valence-corrected chi connectivity index (χ2v) is 7.21. The Morgan fingerprint density at radius 1 is 1.15 bits per heavy atom. The summed E-state index contributed by atoms with van der Waals surface area (Å²) in [4.78, 5) is 4.06. The number of nitrogens with zero attached hydrogens (tertiary/aromatic N) is 2. The van der Waals surface area contributed by atoms with Gasteiger partial charge in [-0.05, 0) is 49.2 Å². The first-order valence-electron chi connectivity index (χ1n) is 8.84. The van der Waals surface area contributed by atoms with Crippen LogP contribution in [0.1, 0.15) is 23.1 Å². The Hall–Kier alpha value is -2.11. The summed E-state index contributed by atoms with van der Waals surface area (Å²) in [5, 5.41) is 3.51. The number of hydrogen-bond acceptors (Lipinski definition) is 3. The zero-order chi connectivity index (χ0) is 18.2. The molecule has 0 spiro atoms. The number of aromatic nitrogens is 2. The molecule has 136 valence electrons. The predicted molar refractivity (Wildman–Crippen MR) is 108 cm³/mol. The van der Waals surface area contributed by atoms with Gasteiger partial charge in [-0.15, -0.1) is 0 Å². The van der Waals surface area contributed by atoms with Gasteiger partial charge < -0.3 is 14.6 Å². The molecule has 26 heavy (non-hydrogen) atoms. The minimum absolute atomic E-state index is 0.585. The number of rotatable bonds is 9. The van der Waals surface area contributed by atoms with Gasteiger partial charge in [0.15, 0.2) is 0 Å². The fourth-order valence-electron chi connectivity index (χ4n) is 2.78. The lowest BCUT2D eigenvalue weighted by molar-refractivity contribution is 0.301. The van der Waals surface area contributed by atoms with Crippen molar-refractivity contribution in [2.45, 2.75) is 33.0 Å². The molecule has 0 fully saturated rings. The first-order valence-corrected chi connectivity index (χ1v) is 9.64. The van der Waals surface area contributed by atoms with Crippen LogP contribution in [0.4, 0.5) is 0 Å². The van der Waals surface area contributed by atoms with E-state index in [1.165, 1.54) is 11.1 Å². The van der Waals surface area contributed by atoms with Gasteiger partial charge in [0.1, 0.15) is 12.4 Å². The molecular formula is C21H24BrN3O. The van der Waals surface area contributed by atoms with E-state index in [-0.39, 0.29) is 0 Å². The summed E-state index contributed by atoms with van der Waals surface area (Å²) in [6.07, 6.45) is 6.72. The summed E-state index contributed by atoms with van der Waals surface area (Å²) in [7, 11) is 0. The molecule has 0 saturated carbocycles. The number of halogens is 1. The highest BCUT2D eigenvalue weighted by molar-refractivity contribution is 9.10. The number of nitrogens with one attached hydrogen (secondary N) is 1. The average Bonchev–Trinajstić information content (AvgIpc) is 3.15. The zero-order valence-corrected chi connectivity index (χ0v) is 16.6. The van der Waals surface area contributed by atoms with E-state index in [4.69, 9.17) is 4.74 Å². The van der Waals surface area contributed by atoms with E-state index in [1.807, 2.05) is 30.9 Å². The molecule has 5 heteroatoms. The number of benzene rings is 2. The highest BCUT2D eigenvalue weighted by Gasteiger charge is 2.06. The van der Waals surface area contributed by atoms with Crippen LogP contribution in [0.15, 0.2) is 65.7 Å². The van der Waals surface area contributed by atoms with Crippen molar-refractivity contribution in [3.05, 3.63) is 82.3 Å². The highest BCUT2D eigenvalue weighted by atomic mass is 79.9. The fraction of sp³-hybridized carbons (Fsp3) is 0.286. The summed E-state index contributed by atoms with van der Waals surface area (Å²) >= 11 is 3.56. The van der Waals surface area contributed by atoms with E-state index >= 15 is 0 Å². The molecule has 0 unspecified atom stereocenters. The predicted octanol–water partition coefficient (Wildman–Crippen LogP) is 4.71. The fourth-order valence-corrected chi connectivity index (χ4v) is 3.19. The van der Waals surface area contributed by atoms with E-state index < -0.39 is 0 Å². The Bertz CT molecular complexity index is 818. The molecule has 0 amide bonds.